The molecular formula is C16H20N6S. The number of nitrogens with one attached hydrogen (secondary N) is 1. The number of hydrogen-bond donors (Lipinski definition) is 1. The van der Waals surface area contributed by atoms with E-state index >= 15 is 0 Å². The van der Waals surface area contributed by atoms with Gasteiger partial charge in [0.25, 0.3) is 0 Å². The van der Waals surface area contributed by atoms with E-state index in [4.69, 9.17) is 5.10 Å². The SMILES string of the molecule is Cc1ncsc1CCCn1ccnc1-c1cc2n(n1)CCNC2. The Bertz CT molecular complexity index is 776. The maximum Gasteiger partial charge on any atom is 0.160 e. The number of rotatable bonds is 5. The van der Waals surface area contributed by atoms with Crippen LogP contribution in [-0.4, -0.2) is 30.9 Å². The van der Waals surface area contributed by atoms with Gasteiger partial charge in [0.05, 0.1) is 23.4 Å². The Morgan fingerprint density at radius 3 is 3.13 bits per heavy atom. The second-order valence-electron chi connectivity index (χ2n) is 5.83. The number of aryl methyl sites for hydroxylation is 3. The first kappa shape index (κ1) is 14.6. The molecule has 1 aliphatic rings. The summed E-state index contributed by atoms with van der Waals surface area (Å²) in [7, 11) is 0. The van der Waals surface area contributed by atoms with Crippen LogP contribution in [0.5, 0.6) is 0 Å². The fourth-order valence-electron chi connectivity index (χ4n) is 3.00. The van der Waals surface area contributed by atoms with Gasteiger partial charge in [-0.2, -0.15) is 5.10 Å². The third-order valence-electron chi connectivity index (χ3n) is 4.26. The molecule has 0 saturated heterocycles. The van der Waals surface area contributed by atoms with Crippen LogP contribution in [0.25, 0.3) is 11.5 Å². The predicted molar refractivity (Wildman–Crippen MR) is 90.3 cm³/mol. The van der Waals surface area contributed by atoms with Gasteiger partial charge < -0.3 is 9.88 Å². The van der Waals surface area contributed by atoms with Crippen molar-refractivity contribution in [2.24, 2.45) is 0 Å². The zero-order valence-corrected chi connectivity index (χ0v) is 14.0. The monoisotopic (exact) mass is 328 g/mol. The summed E-state index contributed by atoms with van der Waals surface area (Å²) in [4.78, 5) is 10.2. The molecule has 1 N–H and O–H groups in total. The maximum absolute atomic E-state index is 4.71. The number of nitrogens with zero attached hydrogens (tertiary/aromatic N) is 5. The average molecular weight is 328 g/mol. The van der Waals surface area contributed by atoms with E-state index in [1.54, 1.807) is 11.3 Å². The zero-order chi connectivity index (χ0) is 15.6. The van der Waals surface area contributed by atoms with Gasteiger partial charge in [-0.05, 0) is 25.8 Å². The number of imidazole rings is 1. The van der Waals surface area contributed by atoms with Crippen molar-refractivity contribution in [1.29, 1.82) is 0 Å². The van der Waals surface area contributed by atoms with Gasteiger partial charge in [0.15, 0.2) is 5.82 Å². The molecule has 0 aromatic carbocycles. The Labute approximate surface area is 139 Å². The van der Waals surface area contributed by atoms with Crippen LogP contribution in [0.2, 0.25) is 0 Å². The van der Waals surface area contributed by atoms with Crippen molar-refractivity contribution in [1.82, 2.24) is 29.6 Å². The lowest BCUT2D eigenvalue weighted by atomic mass is 10.2. The van der Waals surface area contributed by atoms with Gasteiger partial charge in [0, 0.05) is 36.9 Å². The van der Waals surface area contributed by atoms with Gasteiger partial charge in [0.1, 0.15) is 5.69 Å². The lowest BCUT2D eigenvalue weighted by molar-refractivity contribution is 0.476. The highest BCUT2D eigenvalue weighted by Gasteiger charge is 2.15. The van der Waals surface area contributed by atoms with E-state index in [9.17, 15) is 0 Å². The van der Waals surface area contributed by atoms with Crippen LogP contribution in [-0.2, 0) is 26.1 Å². The molecule has 7 heteroatoms. The fourth-order valence-corrected chi connectivity index (χ4v) is 3.82. The van der Waals surface area contributed by atoms with Gasteiger partial charge in [0.2, 0.25) is 0 Å². The van der Waals surface area contributed by atoms with Crippen LogP contribution in [0, 0.1) is 6.92 Å². The molecule has 3 aromatic rings. The predicted octanol–water partition coefficient (Wildman–Crippen LogP) is 2.25. The largest absolute Gasteiger partial charge is 0.330 e. The third kappa shape index (κ3) is 2.94. The van der Waals surface area contributed by atoms with Crippen LogP contribution in [0.1, 0.15) is 22.7 Å². The van der Waals surface area contributed by atoms with Crippen molar-refractivity contribution in [3.05, 3.63) is 40.2 Å². The van der Waals surface area contributed by atoms with E-state index < -0.39 is 0 Å². The first-order chi connectivity index (χ1) is 11.3. The molecule has 0 bridgehead atoms. The van der Waals surface area contributed by atoms with E-state index in [-0.39, 0.29) is 0 Å². The molecule has 0 aliphatic carbocycles. The summed E-state index contributed by atoms with van der Waals surface area (Å²) < 4.78 is 4.30. The summed E-state index contributed by atoms with van der Waals surface area (Å²) in [6.07, 6.45) is 6.06. The van der Waals surface area contributed by atoms with E-state index in [2.05, 4.69) is 37.5 Å². The van der Waals surface area contributed by atoms with E-state index in [1.165, 1.54) is 10.6 Å². The van der Waals surface area contributed by atoms with Crippen molar-refractivity contribution in [2.45, 2.75) is 39.4 Å². The van der Waals surface area contributed by atoms with Crippen molar-refractivity contribution < 1.29 is 0 Å². The normalized spacial score (nSPS) is 14.1. The molecule has 3 aromatic heterocycles. The molecule has 0 radical (unpaired) electrons. The molecule has 4 rings (SSSR count). The average Bonchev–Trinajstić information content (AvgIpc) is 3.26. The first-order valence-corrected chi connectivity index (χ1v) is 8.87. The van der Waals surface area contributed by atoms with Gasteiger partial charge in [-0.3, -0.25) is 4.68 Å². The van der Waals surface area contributed by atoms with Crippen LogP contribution in [0.15, 0.2) is 24.0 Å². The van der Waals surface area contributed by atoms with E-state index in [1.807, 2.05) is 17.9 Å². The van der Waals surface area contributed by atoms with Gasteiger partial charge in [-0.25, -0.2) is 9.97 Å². The minimum atomic E-state index is 0.887. The molecule has 0 saturated carbocycles. The molecule has 23 heavy (non-hydrogen) atoms. The highest BCUT2D eigenvalue weighted by molar-refractivity contribution is 7.09. The fraction of sp³-hybridized carbons (Fsp3) is 0.438. The number of hydrogen-bond acceptors (Lipinski definition) is 5. The summed E-state index contributed by atoms with van der Waals surface area (Å²) in [5.74, 6) is 0.966. The number of aromatic nitrogens is 5. The lowest BCUT2D eigenvalue weighted by Crippen LogP contribution is -2.28. The molecule has 6 nitrogen and oxygen atoms in total. The molecule has 1 aliphatic heterocycles. The molecule has 0 atom stereocenters. The van der Waals surface area contributed by atoms with Gasteiger partial charge in [-0.15, -0.1) is 11.3 Å². The number of fused-ring (bicyclic) bond motifs is 1. The Kier molecular flexibility index (Phi) is 3.97. The summed E-state index contributed by atoms with van der Waals surface area (Å²) in [5, 5.41) is 8.09. The molecule has 0 fully saturated rings. The Hall–Kier alpha value is -1.99. The number of thiazole rings is 1. The minimum absolute atomic E-state index is 0.887. The molecule has 0 amide bonds. The van der Waals surface area contributed by atoms with Gasteiger partial charge >= 0.3 is 0 Å². The summed E-state index contributed by atoms with van der Waals surface area (Å²) >= 11 is 1.75. The summed E-state index contributed by atoms with van der Waals surface area (Å²) in [6.45, 7) is 5.83. The highest BCUT2D eigenvalue weighted by atomic mass is 32.1. The quantitative estimate of drug-likeness (QED) is 0.780. The van der Waals surface area contributed by atoms with Crippen molar-refractivity contribution in [3.8, 4) is 11.5 Å². The van der Waals surface area contributed by atoms with Crippen LogP contribution >= 0.6 is 11.3 Å². The topological polar surface area (TPSA) is 60.6 Å². The Morgan fingerprint density at radius 2 is 2.30 bits per heavy atom. The summed E-state index contributed by atoms with van der Waals surface area (Å²) in [5.41, 5.74) is 5.30. The lowest BCUT2D eigenvalue weighted by Gasteiger charge is -2.13. The molecule has 4 heterocycles. The maximum atomic E-state index is 4.71. The molecular weight excluding hydrogens is 308 g/mol. The van der Waals surface area contributed by atoms with Crippen molar-refractivity contribution >= 4 is 11.3 Å². The third-order valence-corrected chi connectivity index (χ3v) is 5.26. The Morgan fingerprint density at radius 1 is 1.35 bits per heavy atom. The van der Waals surface area contributed by atoms with E-state index in [0.29, 0.717) is 0 Å². The van der Waals surface area contributed by atoms with E-state index in [0.717, 1.165) is 56.2 Å². The van der Waals surface area contributed by atoms with Crippen LogP contribution in [0.4, 0.5) is 0 Å². The first-order valence-electron chi connectivity index (χ1n) is 7.99. The minimum Gasteiger partial charge on any atom is -0.330 e. The highest BCUT2D eigenvalue weighted by Crippen LogP contribution is 2.20. The molecule has 0 unspecified atom stereocenters. The molecule has 0 spiro atoms. The Balaban J connectivity index is 1.47. The zero-order valence-electron chi connectivity index (χ0n) is 13.2. The summed E-state index contributed by atoms with van der Waals surface area (Å²) in [6, 6.07) is 2.15. The smallest absolute Gasteiger partial charge is 0.160 e. The second-order valence-corrected chi connectivity index (χ2v) is 6.77. The standard InChI is InChI=1S/C16H20N6S/c1-12-15(23-11-19-12)3-2-6-21-7-5-18-16(21)14-9-13-10-17-4-8-22(13)20-14/h5,7,9,11,17H,2-4,6,8,10H2,1H3. The molecule has 120 valence electrons. The van der Waals surface area contributed by atoms with Crippen LogP contribution < -0.4 is 5.32 Å². The van der Waals surface area contributed by atoms with Gasteiger partial charge in [-0.1, -0.05) is 0 Å². The van der Waals surface area contributed by atoms with Crippen LogP contribution in [0.3, 0.4) is 0 Å². The van der Waals surface area contributed by atoms with Crippen molar-refractivity contribution in [3.63, 3.8) is 0 Å². The van der Waals surface area contributed by atoms with Crippen molar-refractivity contribution in [2.75, 3.05) is 6.54 Å². The second kappa shape index (κ2) is 6.25.